The molecule has 0 aliphatic heterocycles. The van der Waals surface area contributed by atoms with Crippen LogP contribution in [0.25, 0.3) is 0 Å². The van der Waals surface area contributed by atoms with Crippen LogP contribution in [0.4, 0.5) is 0 Å². The fourth-order valence-electron chi connectivity index (χ4n) is 1.99. The second-order valence-electron chi connectivity index (χ2n) is 4.81. The van der Waals surface area contributed by atoms with E-state index in [0.29, 0.717) is 25.1 Å². The summed E-state index contributed by atoms with van der Waals surface area (Å²) in [4.78, 5) is 22.9. The van der Waals surface area contributed by atoms with Crippen LogP contribution in [-0.2, 0) is 22.5 Å². The summed E-state index contributed by atoms with van der Waals surface area (Å²) in [6.45, 7) is 6.67. The first-order chi connectivity index (χ1) is 11.6. The van der Waals surface area contributed by atoms with Crippen LogP contribution in [0.3, 0.4) is 0 Å². The Labute approximate surface area is 144 Å². The van der Waals surface area contributed by atoms with E-state index in [2.05, 4.69) is 10.4 Å². The van der Waals surface area contributed by atoms with E-state index in [-0.39, 0.29) is 13.3 Å². The van der Waals surface area contributed by atoms with Crippen molar-refractivity contribution < 1.29 is 15.8 Å². The molecule has 0 unspecified atom stereocenters. The molecule has 6 nitrogen and oxygen atoms in total. The number of rotatable bonds is 6. The van der Waals surface area contributed by atoms with Gasteiger partial charge in [0.05, 0.1) is 31.3 Å². The SMILES string of the molecule is CC.CCOC(=O)c1cnn(Cc2ccc(CC(=O)NC)cc2)c1.[HH]. The van der Waals surface area contributed by atoms with Gasteiger partial charge in [0.25, 0.3) is 0 Å². The van der Waals surface area contributed by atoms with Crippen molar-refractivity contribution in [3.05, 3.63) is 53.3 Å². The summed E-state index contributed by atoms with van der Waals surface area (Å²) in [5.41, 5.74) is 2.44. The summed E-state index contributed by atoms with van der Waals surface area (Å²) < 4.78 is 6.61. The Morgan fingerprint density at radius 3 is 2.42 bits per heavy atom. The summed E-state index contributed by atoms with van der Waals surface area (Å²) in [6, 6.07) is 7.73. The zero-order valence-electron chi connectivity index (χ0n) is 14.7. The monoisotopic (exact) mass is 333 g/mol. The summed E-state index contributed by atoms with van der Waals surface area (Å²) in [5, 5.41) is 6.75. The van der Waals surface area contributed by atoms with Gasteiger partial charge in [0, 0.05) is 14.7 Å². The smallest absolute Gasteiger partial charge is 0.341 e. The molecule has 0 fully saturated rings. The molecule has 0 aliphatic rings. The van der Waals surface area contributed by atoms with E-state index >= 15 is 0 Å². The quantitative estimate of drug-likeness (QED) is 0.825. The molecule has 1 N–H and O–H groups in total. The van der Waals surface area contributed by atoms with E-state index in [1.165, 1.54) is 6.20 Å². The van der Waals surface area contributed by atoms with Crippen molar-refractivity contribution in [1.82, 2.24) is 15.1 Å². The maximum atomic E-state index is 11.6. The number of esters is 1. The molecule has 0 atom stereocenters. The number of aromatic nitrogens is 2. The number of likely N-dealkylation sites (N-methyl/N-ethyl adjacent to an activating group) is 1. The Morgan fingerprint density at radius 1 is 1.21 bits per heavy atom. The Bertz CT molecular complexity index is 654. The van der Waals surface area contributed by atoms with Crippen molar-refractivity contribution >= 4 is 11.9 Å². The molecule has 0 saturated heterocycles. The number of nitrogens with one attached hydrogen (secondary N) is 1. The molecule has 0 saturated carbocycles. The van der Waals surface area contributed by atoms with Crippen molar-refractivity contribution in [1.29, 1.82) is 0 Å². The molecule has 1 amide bonds. The van der Waals surface area contributed by atoms with Crippen molar-refractivity contribution in [3.63, 3.8) is 0 Å². The molecule has 0 aliphatic carbocycles. The minimum absolute atomic E-state index is 0. The van der Waals surface area contributed by atoms with Gasteiger partial charge in [-0.3, -0.25) is 9.48 Å². The van der Waals surface area contributed by atoms with Gasteiger partial charge in [-0.05, 0) is 18.1 Å². The highest BCUT2D eigenvalue weighted by atomic mass is 16.5. The third-order valence-electron chi connectivity index (χ3n) is 3.16. The molecule has 2 rings (SSSR count). The number of amides is 1. The van der Waals surface area contributed by atoms with Gasteiger partial charge in [-0.15, -0.1) is 0 Å². The van der Waals surface area contributed by atoms with Crippen molar-refractivity contribution in [2.75, 3.05) is 13.7 Å². The number of benzene rings is 1. The minimum atomic E-state index is -0.366. The van der Waals surface area contributed by atoms with E-state index in [1.54, 1.807) is 24.9 Å². The van der Waals surface area contributed by atoms with Gasteiger partial charge in [-0.1, -0.05) is 38.1 Å². The number of nitrogens with zero attached hydrogens (tertiary/aromatic N) is 2. The average Bonchev–Trinajstić information content (AvgIpc) is 3.07. The second kappa shape index (κ2) is 10.2. The first-order valence-electron chi connectivity index (χ1n) is 8.10. The second-order valence-corrected chi connectivity index (χ2v) is 4.81. The van der Waals surface area contributed by atoms with Gasteiger partial charge in [0.1, 0.15) is 0 Å². The van der Waals surface area contributed by atoms with E-state index in [0.717, 1.165) is 11.1 Å². The van der Waals surface area contributed by atoms with Gasteiger partial charge < -0.3 is 10.1 Å². The lowest BCUT2D eigenvalue weighted by Gasteiger charge is -2.04. The topological polar surface area (TPSA) is 73.2 Å². The highest BCUT2D eigenvalue weighted by Crippen LogP contribution is 2.08. The van der Waals surface area contributed by atoms with Crippen LogP contribution >= 0.6 is 0 Å². The first kappa shape index (κ1) is 19.4. The van der Waals surface area contributed by atoms with Gasteiger partial charge >= 0.3 is 5.97 Å². The maximum Gasteiger partial charge on any atom is 0.341 e. The highest BCUT2D eigenvalue weighted by Gasteiger charge is 2.09. The minimum Gasteiger partial charge on any atom is -0.462 e. The first-order valence-corrected chi connectivity index (χ1v) is 8.10. The van der Waals surface area contributed by atoms with Crippen LogP contribution in [0.5, 0.6) is 0 Å². The number of hydrogen-bond acceptors (Lipinski definition) is 4. The Balaban J connectivity index is 0.00000185. The van der Waals surface area contributed by atoms with E-state index in [4.69, 9.17) is 4.74 Å². The molecular weight excluding hydrogens is 306 g/mol. The van der Waals surface area contributed by atoms with Gasteiger partial charge in [-0.2, -0.15) is 5.10 Å². The van der Waals surface area contributed by atoms with Gasteiger partial charge in [0.2, 0.25) is 5.91 Å². The lowest BCUT2D eigenvalue weighted by Crippen LogP contribution is -2.19. The molecule has 1 heterocycles. The van der Waals surface area contributed by atoms with E-state index < -0.39 is 0 Å². The molecule has 0 radical (unpaired) electrons. The molecule has 6 heteroatoms. The Kier molecular flexibility index (Phi) is 8.25. The molecule has 24 heavy (non-hydrogen) atoms. The zero-order chi connectivity index (χ0) is 17.9. The fraction of sp³-hybridized carbons (Fsp3) is 0.389. The van der Waals surface area contributed by atoms with Crippen molar-refractivity contribution in [3.8, 4) is 0 Å². The van der Waals surface area contributed by atoms with Crippen LogP contribution in [-0.4, -0.2) is 35.3 Å². The third kappa shape index (κ3) is 5.87. The van der Waals surface area contributed by atoms with Crippen LogP contribution in [0, 0.1) is 0 Å². The molecule has 0 bridgehead atoms. The highest BCUT2D eigenvalue weighted by molar-refractivity contribution is 5.88. The fourth-order valence-corrected chi connectivity index (χ4v) is 1.99. The van der Waals surface area contributed by atoms with E-state index in [1.807, 2.05) is 38.1 Å². The largest absolute Gasteiger partial charge is 0.462 e. The van der Waals surface area contributed by atoms with Crippen molar-refractivity contribution in [2.45, 2.75) is 33.7 Å². The summed E-state index contributed by atoms with van der Waals surface area (Å²) in [5.74, 6) is -0.381. The van der Waals surface area contributed by atoms with Crippen LogP contribution in [0.15, 0.2) is 36.7 Å². The number of carbonyl (C=O) groups excluding carboxylic acids is 2. The van der Waals surface area contributed by atoms with Crippen LogP contribution in [0.2, 0.25) is 0 Å². The normalized spacial score (nSPS) is 9.67. The number of hydrogen-bond donors (Lipinski definition) is 1. The van der Waals surface area contributed by atoms with Crippen LogP contribution < -0.4 is 5.32 Å². The van der Waals surface area contributed by atoms with Crippen LogP contribution in [0.1, 0.15) is 43.7 Å². The predicted octanol–water partition coefficient (Wildman–Crippen LogP) is 2.67. The molecule has 132 valence electrons. The van der Waals surface area contributed by atoms with E-state index in [9.17, 15) is 9.59 Å². The Morgan fingerprint density at radius 2 is 1.83 bits per heavy atom. The zero-order valence-corrected chi connectivity index (χ0v) is 14.7. The Hall–Kier alpha value is -2.63. The lowest BCUT2D eigenvalue weighted by molar-refractivity contribution is -0.119. The standard InChI is InChI=1S/C16H19N3O3.C2H6.H2/c1-3-22-16(21)14-9-18-19(11-14)10-13-6-4-12(5-7-13)8-15(20)17-2;1-2;/h4-7,9,11H,3,8,10H2,1-2H3,(H,17,20);1-2H3;1H. The third-order valence-corrected chi connectivity index (χ3v) is 3.16. The summed E-state index contributed by atoms with van der Waals surface area (Å²) >= 11 is 0. The van der Waals surface area contributed by atoms with Gasteiger partial charge in [-0.25, -0.2) is 4.79 Å². The predicted molar refractivity (Wildman–Crippen MR) is 95.0 cm³/mol. The molecule has 0 spiro atoms. The summed E-state index contributed by atoms with van der Waals surface area (Å²) in [7, 11) is 1.62. The number of carbonyl (C=O) groups is 2. The maximum absolute atomic E-state index is 11.6. The van der Waals surface area contributed by atoms with Crippen molar-refractivity contribution in [2.24, 2.45) is 0 Å². The lowest BCUT2D eigenvalue weighted by atomic mass is 10.1. The molecule has 1 aromatic heterocycles. The van der Waals surface area contributed by atoms with Gasteiger partial charge in [0.15, 0.2) is 0 Å². The molecule has 1 aromatic carbocycles. The average molecular weight is 333 g/mol. The molecular formula is C18H27N3O3. The number of ether oxygens (including phenoxy) is 1. The molecule has 2 aromatic rings. The summed E-state index contributed by atoms with van der Waals surface area (Å²) in [6.07, 6.45) is 3.53.